The molecule has 2 unspecified atom stereocenters. The van der Waals surface area contributed by atoms with E-state index < -0.39 is 0 Å². The molecule has 1 aromatic heterocycles. The van der Waals surface area contributed by atoms with Crippen molar-refractivity contribution in [2.24, 2.45) is 5.73 Å². The zero-order valence-corrected chi connectivity index (χ0v) is 12.4. The SMILES string of the molecule is CCC(C)(C(N)c1csc(C)c1)N1CCOCC1. The molecule has 3 nitrogen and oxygen atoms in total. The first-order chi connectivity index (χ1) is 8.58. The van der Waals surface area contributed by atoms with Crippen molar-refractivity contribution in [1.29, 1.82) is 0 Å². The van der Waals surface area contributed by atoms with Crippen LogP contribution in [0.3, 0.4) is 0 Å². The zero-order chi connectivity index (χ0) is 13.2. The standard InChI is InChI=1S/C14H24N2OS/c1-4-14(3,16-5-7-17-8-6-16)13(15)12-9-11(2)18-10-12/h9-10,13H,4-8,15H2,1-3H3. The van der Waals surface area contributed by atoms with Crippen LogP contribution in [-0.2, 0) is 4.74 Å². The number of morpholine rings is 1. The van der Waals surface area contributed by atoms with Gasteiger partial charge in [0.25, 0.3) is 0 Å². The van der Waals surface area contributed by atoms with E-state index >= 15 is 0 Å². The summed E-state index contributed by atoms with van der Waals surface area (Å²) in [7, 11) is 0. The van der Waals surface area contributed by atoms with Crippen LogP contribution >= 0.6 is 11.3 Å². The molecular weight excluding hydrogens is 244 g/mol. The highest BCUT2D eigenvalue weighted by Gasteiger charge is 2.37. The lowest BCUT2D eigenvalue weighted by Crippen LogP contribution is -2.56. The van der Waals surface area contributed by atoms with Gasteiger partial charge in [0.1, 0.15) is 0 Å². The fourth-order valence-corrected chi connectivity index (χ4v) is 3.44. The molecule has 0 bridgehead atoms. The Morgan fingerprint density at radius 2 is 2.17 bits per heavy atom. The summed E-state index contributed by atoms with van der Waals surface area (Å²) < 4.78 is 5.45. The summed E-state index contributed by atoms with van der Waals surface area (Å²) in [6, 6.07) is 2.30. The molecule has 1 aromatic rings. The van der Waals surface area contributed by atoms with E-state index in [1.807, 2.05) is 0 Å². The monoisotopic (exact) mass is 268 g/mol. The van der Waals surface area contributed by atoms with Crippen LogP contribution in [0.1, 0.15) is 36.8 Å². The van der Waals surface area contributed by atoms with Crippen LogP contribution in [0.2, 0.25) is 0 Å². The maximum Gasteiger partial charge on any atom is 0.0594 e. The lowest BCUT2D eigenvalue weighted by Gasteiger charge is -2.46. The summed E-state index contributed by atoms with van der Waals surface area (Å²) in [5, 5.41) is 2.20. The number of hydrogen-bond acceptors (Lipinski definition) is 4. The number of nitrogens with zero attached hydrogens (tertiary/aromatic N) is 1. The van der Waals surface area contributed by atoms with Gasteiger partial charge in [0.05, 0.1) is 13.2 Å². The summed E-state index contributed by atoms with van der Waals surface area (Å²) in [5.74, 6) is 0. The smallest absolute Gasteiger partial charge is 0.0594 e. The van der Waals surface area contributed by atoms with Gasteiger partial charge in [0, 0.05) is 29.5 Å². The number of nitrogens with two attached hydrogens (primary N) is 1. The third kappa shape index (κ3) is 2.62. The van der Waals surface area contributed by atoms with Crippen LogP contribution in [0.5, 0.6) is 0 Å². The van der Waals surface area contributed by atoms with Gasteiger partial charge in [-0.25, -0.2) is 0 Å². The van der Waals surface area contributed by atoms with Crippen molar-refractivity contribution in [3.8, 4) is 0 Å². The van der Waals surface area contributed by atoms with Gasteiger partial charge in [-0.2, -0.15) is 0 Å². The van der Waals surface area contributed by atoms with E-state index in [2.05, 4.69) is 37.1 Å². The average Bonchev–Trinajstić information content (AvgIpc) is 2.84. The van der Waals surface area contributed by atoms with Gasteiger partial charge in [-0.15, -0.1) is 11.3 Å². The quantitative estimate of drug-likeness (QED) is 0.912. The second kappa shape index (κ2) is 5.70. The van der Waals surface area contributed by atoms with Crippen molar-refractivity contribution in [1.82, 2.24) is 4.90 Å². The highest BCUT2D eigenvalue weighted by Crippen LogP contribution is 2.34. The third-order valence-electron chi connectivity index (χ3n) is 4.23. The number of hydrogen-bond donors (Lipinski definition) is 1. The Bertz CT molecular complexity index is 387. The van der Waals surface area contributed by atoms with Crippen LogP contribution in [0.25, 0.3) is 0 Å². The Hall–Kier alpha value is -0.420. The van der Waals surface area contributed by atoms with Gasteiger partial charge >= 0.3 is 0 Å². The average molecular weight is 268 g/mol. The highest BCUT2D eigenvalue weighted by atomic mass is 32.1. The number of rotatable bonds is 4. The number of aryl methyl sites for hydroxylation is 1. The van der Waals surface area contributed by atoms with E-state index in [4.69, 9.17) is 10.5 Å². The minimum atomic E-state index is 0.0251. The summed E-state index contributed by atoms with van der Waals surface area (Å²) in [6.07, 6.45) is 1.06. The first-order valence-corrected chi connectivity index (χ1v) is 7.59. The second-order valence-corrected chi connectivity index (χ2v) is 6.39. The molecule has 0 aliphatic carbocycles. The molecule has 0 spiro atoms. The molecule has 1 saturated heterocycles. The Labute approximate surface area is 114 Å². The Morgan fingerprint density at radius 1 is 1.50 bits per heavy atom. The molecule has 102 valence electrons. The van der Waals surface area contributed by atoms with Crippen molar-refractivity contribution in [3.05, 3.63) is 21.9 Å². The van der Waals surface area contributed by atoms with Gasteiger partial charge in [0.15, 0.2) is 0 Å². The van der Waals surface area contributed by atoms with Crippen molar-refractivity contribution >= 4 is 11.3 Å². The van der Waals surface area contributed by atoms with Crippen molar-refractivity contribution in [2.45, 2.75) is 38.8 Å². The molecule has 1 aliphatic rings. The topological polar surface area (TPSA) is 38.5 Å². The number of thiophene rings is 1. The van der Waals surface area contributed by atoms with E-state index in [9.17, 15) is 0 Å². The summed E-state index contributed by atoms with van der Waals surface area (Å²) in [5.41, 5.74) is 7.85. The Morgan fingerprint density at radius 3 is 2.67 bits per heavy atom. The van der Waals surface area contributed by atoms with Crippen LogP contribution in [-0.4, -0.2) is 36.7 Å². The first-order valence-electron chi connectivity index (χ1n) is 6.71. The highest BCUT2D eigenvalue weighted by molar-refractivity contribution is 7.10. The van der Waals surface area contributed by atoms with Crippen molar-refractivity contribution in [3.63, 3.8) is 0 Å². The van der Waals surface area contributed by atoms with Crippen LogP contribution in [0.4, 0.5) is 0 Å². The van der Waals surface area contributed by atoms with Gasteiger partial charge in [-0.1, -0.05) is 6.92 Å². The molecular formula is C14H24N2OS. The molecule has 2 atom stereocenters. The van der Waals surface area contributed by atoms with E-state index in [-0.39, 0.29) is 11.6 Å². The predicted octanol–water partition coefficient (Wildman–Crippen LogP) is 2.56. The molecule has 4 heteroatoms. The van der Waals surface area contributed by atoms with E-state index in [1.165, 1.54) is 10.4 Å². The minimum Gasteiger partial charge on any atom is -0.379 e. The maximum atomic E-state index is 6.55. The molecule has 2 rings (SSSR count). The van der Waals surface area contributed by atoms with Gasteiger partial charge in [-0.3, -0.25) is 4.90 Å². The molecule has 0 amide bonds. The second-order valence-electron chi connectivity index (χ2n) is 5.28. The minimum absolute atomic E-state index is 0.0251. The Balaban J connectivity index is 2.19. The van der Waals surface area contributed by atoms with Crippen molar-refractivity contribution in [2.75, 3.05) is 26.3 Å². The summed E-state index contributed by atoms with van der Waals surface area (Å²) in [4.78, 5) is 3.83. The van der Waals surface area contributed by atoms with Crippen molar-refractivity contribution < 1.29 is 4.74 Å². The molecule has 18 heavy (non-hydrogen) atoms. The summed E-state index contributed by atoms with van der Waals surface area (Å²) in [6.45, 7) is 10.3. The molecule has 1 fully saturated rings. The molecule has 2 N–H and O–H groups in total. The lowest BCUT2D eigenvalue weighted by atomic mass is 9.84. The van der Waals surface area contributed by atoms with Crippen LogP contribution in [0.15, 0.2) is 11.4 Å². The van der Waals surface area contributed by atoms with E-state index in [0.717, 1.165) is 32.7 Å². The van der Waals surface area contributed by atoms with Crippen LogP contribution in [0, 0.1) is 6.92 Å². The van der Waals surface area contributed by atoms with Crippen LogP contribution < -0.4 is 5.73 Å². The normalized spacial score (nSPS) is 22.7. The van der Waals surface area contributed by atoms with Gasteiger partial charge < -0.3 is 10.5 Å². The third-order valence-corrected chi connectivity index (χ3v) is 5.11. The number of ether oxygens (including phenoxy) is 1. The van der Waals surface area contributed by atoms with E-state index in [1.54, 1.807) is 11.3 Å². The summed E-state index contributed by atoms with van der Waals surface area (Å²) >= 11 is 1.78. The fourth-order valence-electron chi connectivity index (χ4n) is 2.70. The van der Waals surface area contributed by atoms with Gasteiger partial charge in [0.2, 0.25) is 0 Å². The van der Waals surface area contributed by atoms with Gasteiger partial charge in [-0.05, 0) is 37.3 Å². The molecule has 0 saturated carbocycles. The molecule has 2 heterocycles. The largest absolute Gasteiger partial charge is 0.379 e. The van der Waals surface area contributed by atoms with E-state index in [0.29, 0.717) is 0 Å². The lowest BCUT2D eigenvalue weighted by molar-refractivity contribution is -0.0277. The predicted molar refractivity (Wildman–Crippen MR) is 77.1 cm³/mol. The fraction of sp³-hybridized carbons (Fsp3) is 0.714. The zero-order valence-electron chi connectivity index (χ0n) is 11.6. The molecule has 1 aliphatic heterocycles. The Kier molecular flexibility index (Phi) is 4.43. The molecule has 0 radical (unpaired) electrons. The molecule has 0 aromatic carbocycles. The first kappa shape index (κ1) is 14.0. The maximum absolute atomic E-state index is 6.55.